The molecule has 2 saturated heterocycles. The van der Waals surface area contributed by atoms with Crippen LogP contribution in [0.4, 0.5) is 0 Å². The summed E-state index contributed by atoms with van der Waals surface area (Å²) in [5.74, 6) is 0.463. The van der Waals surface area contributed by atoms with Gasteiger partial charge in [-0.3, -0.25) is 4.79 Å². The molecule has 0 radical (unpaired) electrons. The van der Waals surface area contributed by atoms with Crippen LogP contribution >= 0.6 is 11.3 Å². The fourth-order valence-electron chi connectivity index (χ4n) is 4.78. The summed E-state index contributed by atoms with van der Waals surface area (Å²) in [6.07, 6.45) is 4.97. The molecule has 2 aliphatic heterocycles. The predicted molar refractivity (Wildman–Crippen MR) is 131 cm³/mol. The standard InChI is InChI=1S/C25H29N3O3S2/c29-24(14-11-19-9-12-21(13-10-19)33(30,31)28-16-3-4-17-28)27-15-5-6-20(18-27)25-26-22-7-1-2-8-23(22)32-25/h1-2,7-10,12-13,20H,3-6,11,14-18H2. The highest BCUT2D eigenvalue weighted by molar-refractivity contribution is 7.89. The van der Waals surface area contributed by atoms with Crippen LogP contribution in [0.15, 0.2) is 53.4 Å². The third-order valence-corrected chi connectivity index (χ3v) is 9.80. The molecule has 1 amide bonds. The van der Waals surface area contributed by atoms with E-state index in [9.17, 15) is 13.2 Å². The lowest BCUT2D eigenvalue weighted by molar-refractivity contribution is -0.132. The van der Waals surface area contributed by atoms with Crippen molar-refractivity contribution < 1.29 is 13.2 Å². The maximum Gasteiger partial charge on any atom is 0.243 e. The first kappa shape index (κ1) is 22.5. The van der Waals surface area contributed by atoms with Gasteiger partial charge in [0.05, 0.1) is 20.1 Å². The van der Waals surface area contributed by atoms with Crippen LogP contribution < -0.4 is 0 Å². The van der Waals surface area contributed by atoms with Gasteiger partial charge in [-0.05, 0) is 61.9 Å². The van der Waals surface area contributed by atoms with Gasteiger partial charge in [-0.1, -0.05) is 24.3 Å². The Labute approximate surface area is 199 Å². The van der Waals surface area contributed by atoms with Crippen LogP contribution in [-0.4, -0.2) is 54.7 Å². The normalized spacial score (nSPS) is 19.9. The fraction of sp³-hybridized carbons (Fsp3) is 0.440. The van der Waals surface area contributed by atoms with Gasteiger partial charge >= 0.3 is 0 Å². The van der Waals surface area contributed by atoms with E-state index in [1.54, 1.807) is 27.8 Å². The van der Waals surface area contributed by atoms with Crippen molar-refractivity contribution in [1.29, 1.82) is 0 Å². The van der Waals surface area contributed by atoms with E-state index in [4.69, 9.17) is 4.98 Å². The number of rotatable bonds is 6. The molecule has 0 aliphatic carbocycles. The lowest BCUT2D eigenvalue weighted by atomic mass is 9.98. The zero-order chi connectivity index (χ0) is 22.8. The average Bonchev–Trinajstić information content (AvgIpc) is 3.53. The van der Waals surface area contributed by atoms with E-state index in [-0.39, 0.29) is 5.91 Å². The molecule has 0 N–H and O–H groups in total. The summed E-state index contributed by atoms with van der Waals surface area (Å²) in [5.41, 5.74) is 2.03. The number of hydrogen-bond donors (Lipinski definition) is 0. The van der Waals surface area contributed by atoms with Gasteiger partial charge in [0.1, 0.15) is 0 Å². The summed E-state index contributed by atoms with van der Waals surface area (Å²) < 4.78 is 28.1. The Morgan fingerprint density at radius 2 is 1.76 bits per heavy atom. The molecule has 0 bridgehead atoms. The summed E-state index contributed by atoms with van der Waals surface area (Å²) in [6.45, 7) is 2.73. The Balaban J connectivity index is 1.18. The highest BCUT2D eigenvalue weighted by atomic mass is 32.2. The van der Waals surface area contributed by atoms with Crippen molar-refractivity contribution in [3.05, 3.63) is 59.1 Å². The third kappa shape index (κ3) is 4.83. The number of para-hydroxylation sites is 1. The molecule has 33 heavy (non-hydrogen) atoms. The second kappa shape index (κ2) is 9.52. The molecule has 2 fully saturated rings. The quantitative estimate of drug-likeness (QED) is 0.520. The van der Waals surface area contributed by atoms with Crippen molar-refractivity contribution in [3.63, 3.8) is 0 Å². The third-order valence-electron chi connectivity index (χ3n) is 6.69. The van der Waals surface area contributed by atoms with Crippen LogP contribution in [0.5, 0.6) is 0 Å². The van der Waals surface area contributed by atoms with Crippen molar-refractivity contribution in [2.75, 3.05) is 26.2 Å². The minimum atomic E-state index is -3.39. The van der Waals surface area contributed by atoms with Gasteiger partial charge in [0.25, 0.3) is 0 Å². The van der Waals surface area contributed by atoms with Crippen LogP contribution in [0.2, 0.25) is 0 Å². The van der Waals surface area contributed by atoms with Gasteiger partial charge in [0.15, 0.2) is 0 Å². The number of benzene rings is 2. The van der Waals surface area contributed by atoms with Gasteiger partial charge < -0.3 is 4.90 Å². The number of likely N-dealkylation sites (tertiary alicyclic amines) is 1. The number of aryl methyl sites for hydroxylation is 1. The molecule has 2 aromatic carbocycles. The van der Waals surface area contributed by atoms with Crippen molar-refractivity contribution in [3.8, 4) is 0 Å². The largest absolute Gasteiger partial charge is 0.342 e. The Kier molecular flexibility index (Phi) is 6.49. The number of carbonyl (C=O) groups is 1. The topological polar surface area (TPSA) is 70.6 Å². The van der Waals surface area contributed by atoms with Crippen LogP contribution in [0, 0.1) is 0 Å². The highest BCUT2D eigenvalue weighted by Crippen LogP contribution is 2.33. The molecular weight excluding hydrogens is 454 g/mol. The number of amides is 1. The first-order valence-electron chi connectivity index (χ1n) is 11.7. The maximum absolute atomic E-state index is 12.9. The first-order chi connectivity index (χ1) is 16.0. The number of aromatic nitrogens is 1. The van der Waals surface area contributed by atoms with Gasteiger partial charge in [0, 0.05) is 38.5 Å². The molecule has 6 nitrogen and oxygen atoms in total. The number of sulfonamides is 1. The summed E-state index contributed by atoms with van der Waals surface area (Å²) in [6, 6.07) is 15.2. The van der Waals surface area contributed by atoms with Gasteiger partial charge in [-0.25, -0.2) is 13.4 Å². The predicted octanol–water partition coefficient (Wildman–Crippen LogP) is 4.42. The molecule has 0 saturated carbocycles. The number of nitrogens with zero attached hydrogens (tertiary/aromatic N) is 3. The lowest BCUT2D eigenvalue weighted by Gasteiger charge is -2.32. The van der Waals surface area contributed by atoms with Crippen molar-refractivity contribution >= 4 is 37.5 Å². The summed E-state index contributed by atoms with van der Waals surface area (Å²) in [7, 11) is -3.39. The summed E-state index contributed by atoms with van der Waals surface area (Å²) in [5, 5.41) is 1.13. The van der Waals surface area contributed by atoms with Crippen LogP contribution in [0.1, 0.15) is 48.6 Å². The molecule has 1 unspecified atom stereocenters. The molecule has 3 aromatic rings. The Morgan fingerprint density at radius 1 is 1.00 bits per heavy atom. The monoisotopic (exact) mass is 483 g/mol. The number of carbonyl (C=O) groups excluding carboxylic acids is 1. The maximum atomic E-state index is 12.9. The molecule has 3 heterocycles. The second-order valence-corrected chi connectivity index (χ2v) is 12.0. The van der Waals surface area contributed by atoms with Crippen molar-refractivity contribution in [2.45, 2.75) is 49.3 Å². The molecule has 1 atom stereocenters. The number of hydrogen-bond acceptors (Lipinski definition) is 5. The SMILES string of the molecule is O=C(CCc1ccc(S(=O)(=O)N2CCCC2)cc1)N1CCCC(c2nc3ccccc3s2)C1. The molecular formula is C25H29N3O3S2. The molecule has 0 spiro atoms. The lowest BCUT2D eigenvalue weighted by Crippen LogP contribution is -2.39. The van der Waals surface area contributed by atoms with E-state index in [1.165, 1.54) is 4.70 Å². The molecule has 8 heteroatoms. The van der Waals surface area contributed by atoms with E-state index < -0.39 is 10.0 Å². The molecule has 5 rings (SSSR count). The van der Waals surface area contributed by atoms with Gasteiger partial charge in [-0.2, -0.15) is 4.31 Å². The van der Waals surface area contributed by atoms with Crippen LogP contribution in [0.25, 0.3) is 10.2 Å². The highest BCUT2D eigenvalue weighted by Gasteiger charge is 2.28. The van der Waals surface area contributed by atoms with E-state index in [0.29, 0.717) is 36.7 Å². The van der Waals surface area contributed by atoms with Crippen molar-refractivity contribution in [2.24, 2.45) is 0 Å². The van der Waals surface area contributed by atoms with E-state index >= 15 is 0 Å². The number of fused-ring (bicyclic) bond motifs is 1. The average molecular weight is 484 g/mol. The Bertz CT molecular complexity index is 1200. The summed E-state index contributed by atoms with van der Waals surface area (Å²) in [4.78, 5) is 20.1. The van der Waals surface area contributed by atoms with Crippen molar-refractivity contribution in [1.82, 2.24) is 14.2 Å². The minimum Gasteiger partial charge on any atom is -0.342 e. The Morgan fingerprint density at radius 3 is 2.52 bits per heavy atom. The Hall–Kier alpha value is -2.29. The van der Waals surface area contributed by atoms with E-state index in [0.717, 1.165) is 54.9 Å². The fourth-order valence-corrected chi connectivity index (χ4v) is 7.40. The molecule has 1 aromatic heterocycles. The smallest absolute Gasteiger partial charge is 0.243 e. The zero-order valence-electron chi connectivity index (χ0n) is 18.7. The minimum absolute atomic E-state index is 0.162. The van der Waals surface area contributed by atoms with E-state index in [2.05, 4.69) is 6.07 Å². The molecule has 174 valence electrons. The van der Waals surface area contributed by atoms with Crippen LogP contribution in [0.3, 0.4) is 0 Å². The summed E-state index contributed by atoms with van der Waals surface area (Å²) >= 11 is 1.74. The zero-order valence-corrected chi connectivity index (χ0v) is 20.3. The number of piperidine rings is 1. The second-order valence-electron chi connectivity index (χ2n) is 8.95. The van der Waals surface area contributed by atoms with Gasteiger partial charge in [0.2, 0.25) is 15.9 Å². The van der Waals surface area contributed by atoms with E-state index in [1.807, 2.05) is 35.2 Å². The molecule has 2 aliphatic rings. The van der Waals surface area contributed by atoms with Crippen LogP contribution in [-0.2, 0) is 21.2 Å². The van der Waals surface area contributed by atoms with Gasteiger partial charge in [-0.15, -0.1) is 11.3 Å². The first-order valence-corrected chi connectivity index (χ1v) is 14.0. The number of thiazole rings is 1.